The minimum atomic E-state index is 0.385. The SMILES string of the molecule is Brc1cnc(N2CC3CCC(C2)O3)nc1. The molecule has 0 radical (unpaired) electrons. The van der Waals surface area contributed by atoms with Gasteiger partial charge in [0.2, 0.25) is 5.95 Å². The number of morpholine rings is 1. The predicted molar refractivity (Wildman–Crippen MR) is 59.8 cm³/mol. The van der Waals surface area contributed by atoms with Crippen LogP contribution in [0.3, 0.4) is 0 Å². The van der Waals surface area contributed by atoms with Gasteiger partial charge >= 0.3 is 0 Å². The highest BCUT2D eigenvalue weighted by atomic mass is 79.9. The Hall–Kier alpha value is -0.680. The van der Waals surface area contributed by atoms with Crippen molar-refractivity contribution in [2.45, 2.75) is 25.0 Å². The van der Waals surface area contributed by atoms with Crippen molar-refractivity contribution in [2.24, 2.45) is 0 Å². The van der Waals surface area contributed by atoms with E-state index >= 15 is 0 Å². The Kier molecular flexibility index (Phi) is 2.36. The second-order valence-corrected chi connectivity index (χ2v) is 4.98. The summed E-state index contributed by atoms with van der Waals surface area (Å²) in [6.07, 6.45) is 6.71. The molecule has 2 saturated heterocycles. The van der Waals surface area contributed by atoms with E-state index in [1.807, 2.05) is 0 Å². The number of hydrogen-bond donors (Lipinski definition) is 0. The molecule has 0 N–H and O–H groups in total. The van der Waals surface area contributed by atoms with E-state index < -0.39 is 0 Å². The standard InChI is InChI=1S/C10H12BrN3O/c11-7-3-12-10(13-4-7)14-5-8-1-2-9(6-14)15-8/h3-4,8-9H,1-2,5-6H2. The Labute approximate surface area is 96.8 Å². The highest BCUT2D eigenvalue weighted by Crippen LogP contribution is 2.28. The lowest BCUT2D eigenvalue weighted by Gasteiger charge is -2.31. The molecule has 2 bridgehead atoms. The number of rotatable bonds is 1. The first kappa shape index (κ1) is 9.54. The first-order valence-electron chi connectivity index (χ1n) is 5.19. The second kappa shape index (κ2) is 3.72. The van der Waals surface area contributed by atoms with Crippen molar-refractivity contribution in [1.29, 1.82) is 0 Å². The van der Waals surface area contributed by atoms with Crippen LogP contribution in [0.25, 0.3) is 0 Å². The van der Waals surface area contributed by atoms with Gasteiger partial charge in [0.1, 0.15) is 0 Å². The Balaban J connectivity index is 1.80. The van der Waals surface area contributed by atoms with Crippen molar-refractivity contribution in [1.82, 2.24) is 9.97 Å². The summed E-state index contributed by atoms with van der Waals surface area (Å²) in [5, 5.41) is 0. The van der Waals surface area contributed by atoms with Crippen LogP contribution in [0.1, 0.15) is 12.8 Å². The van der Waals surface area contributed by atoms with Crippen molar-refractivity contribution in [3.8, 4) is 0 Å². The lowest BCUT2D eigenvalue weighted by atomic mass is 10.2. The average Bonchev–Trinajstić information content (AvgIpc) is 2.59. The zero-order valence-corrected chi connectivity index (χ0v) is 9.85. The van der Waals surface area contributed by atoms with Crippen LogP contribution < -0.4 is 4.90 Å². The molecule has 80 valence electrons. The van der Waals surface area contributed by atoms with Crippen LogP contribution in [0.4, 0.5) is 5.95 Å². The molecule has 2 aliphatic rings. The fourth-order valence-electron chi connectivity index (χ4n) is 2.25. The average molecular weight is 270 g/mol. The number of nitrogens with zero attached hydrogens (tertiary/aromatic N) is 3. The third-order valence-corrected chi connectivity index (χ3v) is 3.34. The van der Waals surface area contributed by atoms with Gasteiger partial charge in [0.25, 0.3) is 0 Å². The van der Waals surface area contributed by atoms with Gasteiger partial charge in [-0.15, -0.1) is 0 Å². The summed E-state index contributed by atoms with van der Waals surface area (Å²) in [5.41, 5.74) is 0. The zero-order valence-electron chi connectivity index (χ0n) is 8.27. The van der Waals surface area contributed by atoms with Crippen LogP contribution in [0.15, 0.2) is 16.9 Å². The number of fused-ring (bicyclic) bond motifs is 2. The van der Waals surface area contributed by atoms with E-state index in [9.17, 15) is 0 Å². The van der Waals surface area contributed by atoms with Gasteiger partial charge in [-0.1, -0.05) is 0 Å². The summed E-state index contributed by atoms with van der Waals surface area (Å²) in [6, 6.07) is 0. The molecule has 0 saturated carbocycles. The van der Waals surface area contributed by atoms with Crippen molar-refractivity contribution in [3.63, 3.8) is 0 Å². The molecule has 0 spiro atoms. The third kappa shape index (κ3) is 1.86. The molecule has 2 aliphatic heterocycles. The molecule has 2 fully saturated rings. The molecule has 1 aromatic heterocycles. The van der Waals surface area contributed by atoms with Gasteiger partial charge in [0, 0.05) is 25.5 Å². The zero-order chi connectivity index (χ0) is 10.3. The molecule has 2 unspecified atom stereocenters. The number of ether oxygens (including phenoxy) is 1. The van der Waals surface area contributed by atoms with Gasteiger partial charge in [-0.3, -0.25) is 0 Å². The lowest BCUT2D eigenvalue weighted by molar-refractivity contribution is 0.0299. The fourth-order valence-corrected chi connectivity index (χ4v) is 2.45. The smallest absolute Gasteiger partial charge is 0.225 e. The van der Waals surface area contributed by atoms with E-state index in [-0.39, 0.29) is 0 Å². The Morgan fingerprint density at radius 2 is 1.80 bits per heavy atom. The first-order valence-corrected chi connectivity index (χ1v) is 5.98. The summed E-state index contributed by atoms with van der Waals surface area (Å²) in [6.45, 7) is 1.86. The lowest BCUT2D eigenvalue weighted by Crippen LogP contribution is -2.43. The van der Waals surface area contributed by atoms with E-state index in [1.54, 1.807) is 12.4 Å². The molecule has 15 heavy (non-hydrogen) atoms. The Bertz CT molecular complexity index is 344. The summed E-state index contributed by atoms with van der Waals surface area (Å²) in [5.74, 6) is 0.818. The molecule has 1 aromatic rings. The molecule has 0 aliphatic carbocycles. The molecule has 2 atom stereocenters. The van der Waals surface area contributed by atoms with E-state index in [0.717, 1.165) is 23.5 Å². The van der Waals surface area contributed by atoms with E-state index in [2.05, 4.69) is 30.8 Å². The summed E-state index contributed by atoms with van der Waals surface area (Å²) < 4.78 is 6.69. The second-order valence-electron chi connectivity index (χ2n) is 4.06. The van der Waals surface area contributed by atoms with Crippen LogP contribution in [-0.2, 0) is 4.74 Å². The minimum absolute atomic E-state index is 0.385. The van der Waals surface area contributed by atoms with Crippen LogP contribution in [0.5, 0.6) is 0 Å². The van der Waals surface area contributed by atoms with Crippen molar-refractivity contribution in [3.05, 3.63) is 16.9 Å². The van der Waals surface area contributed by atoms with Crippen molar-refractivity contribution < 1.29 is 4.74 Å². The number of aromatic nitrogens is 2. The van der Waals surface area contributed by atoms with Crippen LogP contribution in [-0.4, -0.2) is 35.3 Å². The normalized spacial score (nSPS) is 29.5. The number of anilines is 1. The Morgan fingerprint density at radius 1 is 1.20 bits per heavy atom. The van der Waals surface area contributed by atoms with Gasteiger partial charge in [0.05, 0.1) is 16.7 Å². The van der Waals surface area contributed by atoms with Crippen LogP contribution in [0.2, 0.25) is 0 Å². The molecule has 4 nitrogen and oxygen atoms in total. The largest absolute Gasteiger partial charge is 0.371 e. The summed E-state index contributed by atoms with van der Waals surface area (Å²) in [4.78, 5) is 10.8. The fraction of sp³-hybridized carbons (Fsp3) is 0.600. The molecule has 3 rings (SSSR count). The summed E-state index contributed by atoms with van der Waals surface area (Å²) >= 11 is 3.34. The van der Waals surface area contributed by atoms with E-state index in [1.165, 1.54) is 12.8 Å². The highest BCUT2D eigenvalue weighted by molar-refractivity contribution is 9.10. The van der Waals surface area contributed by atoms with Crippen molar-refractivity contribution >= 4 is 21.9 Å². The van der Waals surface area contributed by atoms with Gasteiger partial charge in [-0.25, -0.2) is 9.97 Å². The van der Waals surface area contributed by atoms with Gasteiger partial charge < -0.3 is 9.64 Å². The Morgan fingerprint density at radius 3 is 2.40 bits per heavy atom. The third-order valence-electron chi connectivity index (χ3n) is 2.93. The highest BCUT2D eigenvalue weighted by Gasteiger charge is 2.34. The van der Waals surface area contributed by atoms with Gasteiger partial charge in [-0.05, 0) is 28.8 Å². The van der Waals surface area contributed by atoms with Gasteiger partial charge in [0.15, 0.2) is 0 Å². The van der Waals surface area contributed by atoms with Crippen LogP contribution >= 0.6 is 15.9 Å². The van der Waals surface area contributed by atoms with Gasteiger partial charge in [-0.2, -0.15) is 0 Å². The van der Waals surface area contributed by atoms with Crippen molar-refractivity contribution in [2.75, 3.05) is 18.0 Å². The molecular formula is C10H12BrN3O. The molecule has 0 aromatic carbocycles. The quantitative estimate of drug-likeness (QED) is 0.777. The van der Waals surface area contributed by atoms with E-state index in [0.29, 0.717) is 12.2 Å². The molecule has 0 amide bonds. The molecular weight excluding hydrogens is 258 g/mol. The first-order chi connectivity index (χ1) is 7.31. The minimum Gasteiger partial charge on any atom is -0.371 e. The topological polar surface area (TPSA) is 38.2 Å². The maximum atomic E-state index is 5.77. The monoisotopic (exact) mass is 269 g/mol. The molecule has 5 heteroatoms. The maximum Gasteiger partial charge on any atom is 0.225 e. The number of halogens is 1. The maximum absolute atomic E-state index is 5.77. The van der Waals surface area contributed by atoms with Crippen LogP contribution in [0, 0.1) is 0 Å². The van der Waals surface area contributed by atoms with E-state index in [4.69, 9.17) is 4.74 Å². The molecule has 3 heterocycles. The number of hydrogen-bond acceptors (Lipinski definition) is 4. The predicted octanol–water partition coefficient (Wildman–Crippen LogP) is 1.61. The summed E-state index contributed by atoms with van der Waals surface area (Å²) in [7, 11) is 0.